The van der Waals surface area contributed by atoms with Crippen molar-refractivity contribution in [1.82, 2.24) is 0 Å². The van der Waals surface area contributed by atoms with Gasteiger partial charge >= 0.3 is 0 Å². The Morgan fingerprint density at radius 1 is 1.27 bits per heavy atom. The number of hydrogen-bond acceptors (Lipinski definition) is 2. The summed E-state index contributed by atoms with van der Waals surface area (Å²) in [5, 5.41) is 9.96. The zero-order chi connectivity index (χ0) is 11.3. The lowest BCUT2D eigenvalue weighted by Gasteiger charge is -2.28. The highest BCUT2D eigenvalue weighted by Gasteiger charge is 2.25. The largest absolute Gasteiger partial charge is 0.393 e. The van der Waals surface area contributed by atoms with Crippen molar-refractivity contribution in [2.75, 3.05) is 6.54 Å². The minimum absolute atomic E-state index is 0.186. The maximum atomic E-state index is 9.96. The maximum absolute atomic E-state index is 9.96. The minimum atomic E-state index is -0.331. The highest BCUT2D eigenvalue weighted by molar-refractivity contribution is 5.14. The molecule has 15 heavy (non-hydrogen) atoms. The van der Waals surface area contributed by atoms with Crippen LogP contribution in [0.2, 0.25) is 0 Å². The van der Waals surface area contributed by atoms with Gasteiger partial charge in [-0.05, 0) is 24.9 Å². The molecular formula is C13H21NO. The molecule has 0 aliphatic carbocycles. The lowest BCUT2D eigenvalue weighted by Crippen LogP contribution is -2.36. The summed E-state index contributed by atoms with van der Waals surface area (Å²) in [5.74, 6) is 0. The second kappa shape index (κ2) is 5.29. The molecule has 0 radical (unpaired) electrons. The molecule has 0 saturated carbocycles. The normalized spacial score (nSPS) is 13.9. The molecule has 0 bridgehead atoms. The fraction of sp³-hybridized carbons (Fsp3) is 0.538. The van der Waals surface area contributed by atoms with Crippen molar-refractivity contribution in [3.8, 4) is 0 Å². The number of aryl methyl sites for hydroxylation is 1. The van der Waals surface area contributed by atoms with Crippen LogP contribution >= 0.6 is 0 Å². The Balaban J connectivity index is 2.44. The van der Waals surface area contributed by atoms with E-state index in [1.807, 2.05) is 32.0 Å². The van der Waals surface area contributed by atoms with Gasteiger partial charge in [0, 0.05) is 5.41 Å². The van der Waals surface area contributed by atoms with Crippen LogP contribution in [0.1, 0.15) is 25.8 Å². The zero-order valence-corrected chi connectivity index (χ0v) is 9.61. The molecule has 0 aromatic heterocycles. The number of hydrogen-bond donors (Lipinski definition) is 2. The van der Waals surface area contributed by atoms with Crippen molar-refractivity contribution in [3.63, 3.8) is 0 Å². The number of nitrogens with two attached hydrogens (primary N) is 1. The summed E-state index contributed by atoms with van der Waals surface area (Å²) in [5.41, 5.74) is 6.70. The van der Waals surface area contributed by atoms with Gasteiger partial charge in [0.05, 0.1) is 6.10 Å². The highest BCUT2D eigenvalue weighted by atomic mass is 16.3. The van der Waals surface area contributed by atoms with Crippen LogP contribution in [0, 0.1) is 5.41 Å². The molecule has 0 spiro atoms. The van der Waals surface area contributed by atoms with E-state index in [1.165, 1.54) is 5.56 Å². The lowest BCUT2D eigenvalue weighted by molar-refractivity contribution is 0.0493. The standard InChI is InChI=1S/C13H21NO/c1-13(2,10-14)12(15)9-8-11-6-4-3-5-7-11/h3-7,12,15H,8-10,14H2,1-2H3. The van der Waals surface area contributed by atoms with E-state index < -0.39 is 0 Å². The predicted molar refractivity (Wildman–Crippen MR) is 63.6 cm³/mol. The summed E-state index contributed by atoms with van der Waals surface area (Å²) in [6.45, 7) is 4.52. The van der Waals surface area contributed by atoms with Crippen LogP contribution in [0.25, 0.3) is 0 Å². The van der Waals surface area contributed by atoms with Crippen LogP contribution in [0.5, 0.6) is 0 Å². The van der Waals surface area contributed by atoms with Gasteiger partial charge < -0.3 is 10.8 Å². The van der Waals surface area contributed by atoms with E-state index in [9.17, 15) is 5.11 Å². The summed E-state index contributed by atoms with van der Waals surface area (Å²) in [6, 6.07) is 10.2. The molecule has 0 heterocycles. The van der Waals surface area contributed by atoms with Gasteiger partial charge in [-0.25, -0.2) is 0 Å². The Bertz CT molecular complexity index is 282. The fourth-order valence-corrected chi connectivity index (χ4v) is 1.47. The van der Waals surface area contributed by atoms with Crippen molar-refractivity contribution < 1.29 is 5.11 Å². The van der Waals surface area contributed by atoms with Crippen LogP contribution in [0.4, 0.5) is 0 Å². The summed E-state index contributed by atoms with van der Waals surface area (Å²) in [4.78, 5) is 0. The summed E-state index contributed by atoms with van der Waals surface area (Å²) < 4.78 is 0. The van der Waals surface area contributed by atoms with E-state index in [1.54, 1.807) is 0 Å². The Kier molecular flexibility index (Phi) is 4.30. The van der Waals surface area contributed by atoms with E-state index in [0.29, 0.717) is 6.54 Å². The SMILES string of the molecule is CC(C)(CN)C(O)CCc1ccccc1. The maximum Gasteiger partial charge on any atom is 0.0606 e. The third-order valence-corrected chi connectivity index (χ3v) is 2.98. The molecule has 3 N–H and O–H groups in total. The van der Waals surface area contributed by atoms with Gasteiger partial charge in [0.25, 0.3) is 0 Å². The van der Waals surface area contributed by atoms with E-state index in [0.717, 1.165) is 12.8 Å². The van der Waals surface area contributed by atoms with E-state index in [4.69, 9.17) is 5.73 Å². The van der Waals surface area contributed by atoms with E-state index >= 15 is 0 Å². The van der Waals surface area contributed by atoms with Gasteiger partial charge in [0.15, 0.2) is 0 Å². The monoisotopic (exact) mass is 207 g/mol. The topological polar surface area (TPSA) is 46.2 Å². The van der Waals surface area contributed by atoms with Gasteiger partial charge in [-0.15, -0.1) is 0 Å². The first kappa shape index (κ1) is 12.2. The van der Waals surface area contributed by atoms with E-state index in [-0.39, 0.29) is 11.5 Å². The molecule has 2 nitrogen and oxygen atoms in total. The molecule has 0 amide bonds. The van der Waals surface area contributed by atoms with Crippen molar-refractivity contribution in [3.05, 3.63) is 35.9 Å². The van der Waals surface area contributed by atoms with Gasteiger partial charge in [-0.3, -0.25) is 0 Å². The molecule has 1 aromatic carbocycles. The van der Waals surface area contributed by atoms with Crippen molar-refractivity contribution in [2.24, 2.45) is 11.1 Å². The molecule has 0 saturated heterocycles. The van der Waals surface area contributed by atoms with Crippen molar-refractivity contribution in [2.45, 2.75) is 32.8 Å². The van der Waals surface area contributed by atoms with Gasteiger partial charge in [0.2, 0.25) is 0 Å². The Morgan fingerprint density at radius 2 is 1.87 bits per heavy atom. The number of rotatable bonds is 5. The predicted octanol–water partition coefficient (Wildman–Crippen LogP) is 1.96. The third kappa shape index (κ3) is 3.65. The molecule has 1 unspecified atom stereocenters. The molecule has 1 aromatic rings. The Labute approximate surface area is 92.1 Å². The van der Waals surface area contributed by atoms with Crippen molar-refractivity contribution in [1.29, 1.82) is 0 Å². The first-order valence-electron chi connectivity index (χ1n) is 5.48. The van der Waals surface area contributed by atoms with Crippen LogP contribution in [-0.2, 0) is 6.42 Å². The quantitative estimate of drug-likeness (QED) is 0.775. The second-order valence-electron chi connectivity index (χ2n) is 4.73. The first-order chi connectivity index (χ1) is 7.06. The highest BCUT2D eigenvalue weighted by Crippen LogP contribution is 2.22. The Hall–Kier alpha value is -0.860. The van der Waals surface area contributed by atoms with Crippen LogP contribution in [0.3, 0.4) is 0 Å². The smallest absolute Gasteiger partial charge is 0.0606 e. The van der Waals surface area contributed by atoms with E-state index in [2.05, 4.69) is 12.1 Å². The molecule has 1 rings (SSSR count). The molecule has 84 valence electrons. The zero-order valence-electron chi connectivity index (χ0n) is 9.61. The van der Waals surface area contributed by atoms with Crippen LogP contribution in [0.15, 0.2) is 30.3 Å². The van der Waals surface area contributed by atoms with Crippen molar-refractivity contribution >= 4 is 0 Å². The molecule has 2 heteroatoms. The summed E-state index contributed by atoms with van der Waals surface area (Å²) in [6.07, 6.45) is 1.35. The van der Waals surface area contributed by atoms with Crippen LogP contribution in [-0.4, -0.2) is 17.8 Å². The first-order valence-corrected chi connectivity index (χ1v) is 5.48. The summed E-state index contributed by atoms with van der Waals surface area (Å²) in [7, 11) is 0. The molecular weight excluding hydrogens is 186 g/mol. The van der Waals surface area contributed by atoms with Gasteiger partial charge in [0.1, 0.15) is 0 Å². The minimum Gasteiger partial charge on any atom is -0.393 e. The fourth-order valence-electron chi connectivity index (χ4n) is 1.47. The summed E-state index contributed by atoms with van der Waals surface area (Å²) >= 11 is 0. The molecule has 0 aliphatic rings. The molecule has 0 fully saturated rings. The second-order valence-corrected chi connectivity index (χ2v) is 4.73. The lowest BCUT2D eigenvalue weighted by atomic mass is 9.84. The number of aliphatic hydroxyl groups excluding tert-OH is 1. The Morgan fingerprint density at radius 3 is 2.40 bits per heavy atom. The van der Waals surface area contributed by atoms with Gasteiger partial charge in [-0.2, -0.15) is 0 Å². The average molecular weight is 207 g/mol. The van der Waals surface area contributed by atoms with Crippen LogP contribution < -0.4 is 5.73 Å². The average Bonchev–Trinajstić information content (AvgIpc) is 2.27. The third-order valence-electron chi connectivity index (χ3n) is 2.98. The number of aliphatic hydroxyl groups is 1. The molecule has 0 aliphatic heterocycles. The molecule has 1 atom stereocenters. The van der Waals surface area contributed by atoms with Gasteiger partial charge in [-0.1, -0.05) is 44.2 Å². The number of benzene rings is 1.